The molecule has 0 bridgehead atoms. The van der Waals surface area contributed by atoms with Gasteiger partial charge in [0.05, 0.1) is 12.8 Å². The number of allylic oxidation sites excluding steroid dienone is 1. The van der Waals surface area contributed by atoms with Crippen LogP contribution in [0.1, 0.15) is 46.1 Å². The summed E-state index contributed by atoms with van der Waals surface area (Å²) in [6.07, 6.45) is 3.86. The van der Waals surface area contributed by atoms with Gasteiger partial charge in [-0.2, -0.15) is 0 Å². The molecule has 1 aromatic rings. The lowest BCUT2D eigenvalue weighted by Crippen LogP contribution is -2.38. The van der Waals surface area contributed by atoms with E-state index < -0.39 is 5.60 Å². The second-order valence-electron chi connectivity index (χ2n) is 6.45. The van der Waals surface area contributed by atoms with E-state index in [-0.39, 0.29) is 6.09 Å². The summed E-state index contributed by atoms with van der Waals surface area (Å²) in [6.45, 7) is 8.31. The summed E-state index contributed by atoms with van der Waals surface area (Å²) in [7, 11) is 1.63. The molecule has 0 radical (unpaired) electrons. The van der Waals surface area contributed by atoms with Gasteiger partial charge in [-0.3, -0.25) is 4.90 Å². The van der Waals surface area contributed by atoms with Crippen molar-refractivity contribution in [2.45, 2.75) is 46.1 Å². The zero-order valence-electron chi connectivity index (χ0n) is 14.1. The van der Waals surface area contributed by atoms with Crippen LogP contribution in [0, 0.1) is 0 Å². The van der Waals surface area contributed by atoms with Gasteiger partial charge in [-0.05, 0) is 44.9 Å². The number of rotatable bonds is 3. The van der Waals surface area contributed by atoms with Crippen LogP contribution in [-0.2, 0) is 4.74 Å². The molecular weight excluding hydrogens is 278 g/mol. The third-order valence-corrected chi connectivity index (χ3v) is 3.50. The Morgan fingerprint density at radius 3 is 2.64 bits per heavy atom. The number of ether oxygens (including phenoxy) is 2. The average molecular weight is 303 g/mol. The van der Waals surface area contributed by atoms with Gasteiger partial charge in [0.2, 0.25) is 0 Å². The summed E-state index contributed by atoms with van der Waals surface area (Å²) in [5.74, 6) is 0.741. The molecule has 0 N–H and O–H groups in total. The van der Waals surface area contributed by atoms with E-state index in [2.05, 4.69) is 13.0 Å². The molecule has 0 fully saturated rings. The Labute approximate surface area is 132 Å². The normalized spacial score (nSPS) is 14.2. The molecule has 0 atom stereocenters. The highest BCUT2D eigenvalue weighted by Gasteiger charge is 2.28. The van der Waals surface area contributed by atoms with Crippen molar-refractivity contribution < 1.29 is 14.3 Å². The highest BCUT2D eigenvalue weighted by molar-refractivity contribution is 5.95. The van der Waals surface area contributed by atoms with Crippen molar-refractivity contribution in [1.82, 2.24) is 0 Å². The van der Waals surface area contributed by atoms with Crippen molar-refractivity contribution in [3.05, 3.63) is 29.8 Å². The maximum atomic E-state index is 12.5. The van der Waals surface area contributed by atoms with Gasteiger partial charge in [-0.25, -0.2) is 4.79 Å². The zero-order chi connectivity index (χ0) is 16.3. The van der Waals surface area contributed by atoms with Gasteiger partial charge in [0.1, 0.15) is 11.4 Å². The lowest BCUT2D eigenvalue weighted by atomic mass is 9.95. The third-order valence-electron chi connectivity index (χ3n) is 3.50. The van der Waals surface area contributed by atoms with E-state index in [1.807, 2.05) is 39.0 Å². The monoisotopic (exact) mass is 303 g/mol. The fourth-order valence-corrected chi connectivity index (χ4v) is 2.54. The van der Waals surface area contributed by atoms with Gasteiger partial charge >= 0.3 is 6.09 Å². The lowest BCUT2D eigenvalue weighted by Gasteiger charge is -2.31. The molecule has 120 valence electrons. The quantitative estimate of drug-likeness (QED) is 0.817. The van der Waals surface area contributed by atoms with Crippen molar-refractivity contribution in [3.63, 3.8) is 0 Å². The molecule has 1 aromatic carbocycles. The summed E-state index contributed by atoms with van der Waals surface area (Å²) in [6, 6.07) is 5.86. The second-order valence-corrected chi connectivity index (χ2v) is 6.45. The highest BCUT2D eigenvalue weighted by Crippen LogP contribution is 2.37. The zero-order valence-corrected chi connectivity index (χ0v) is 14.1. The third kappa shape index (κ3) is 3.62. The van der Waals surface area contributed by atoms with Crippen molar-refractivity contribution >= 4 is 17.4 Å². The predicted molar refractivity (Wildman–Crippen MR) is 89.5 cm³/mol. The number of hydrogen-bond donors (Lipinski definition) is 0. The van der Waals surface area contributed by atoms with Crippen LogP contribution in [0.5, 0.6) is 5.75 Å². The minimum absolute atomic E-state index is 0.325. The maximum absolute atomic E-state index is 12.5. The molecule has 1 aliphatic rings. The minimum Gasteiger partial charge on any atom is -0.497 e. The Balaban J connectivity index is 2.38. The first-order valence-corrected chi connectivity index (χ1v) is 7.73. The Morgan fingerprint density at radius 1 is 1.32 bits per heavy atom. The summed E-state index contributed by atoms with van der Waals surface area (Å²) < 4.78 is 10.8. The van der Waals surface area contributed by atoms with Crippen molar-refractivity contribution in [2.75, 3.05) is 18.6 Å². The molecule has 4 nitrogen and oxygen atoms in total. The van der Waals surface area contributed by atoms with Gasteiger partial charge in [0, 0.05) is 18.2 Å². The van der Waals surface area contributed by atoms with Crippen LogP contribution in [0.2, 0.25) is 0 Å². The van der Waals surface area contributed by atoms with Crippen LogP contribution in [0.3, 0.4) is 0 Å². The number of hydrogen-bond acceptors (Lipinski definition) is 3. The lowest BCUT2D eigenvalue weighted by molar-refractivity contribution is 0.0584. The molecule has 4 heteroatoms. The number of anilines is 1. The van der Waals surface area contributed by atoms with E-state index in [0.717, 1.165) is 29.8 Å². The summed E-state index contributed by atoms with van der Waals surface area (Å²) >= 11 is 0. The summed E-state index contributed by atoms with van der Waals surface area (Å²) in [5.41, 5.74) is 2.71. The van der Waals surface area contributed by atoms with Gasteiger partial charge in [0.15, 0.2) is 0 Å². The van der Waals surface area contributed by atoms with Gasteiger partial charge in [-0.15, -0.1) is 0 Å². The Morgan fingerprint density at radius 2 is 2.05 bits per heavy atom. The topological polar surface area (TPSA) is 38.8 Å². The van der Waals surface area contributed by atoms with E-state index in [1.54, 1.807) is 12.0 Å². The van der Waals surface area contributed by atoms with Gasteiger partial charge < -0.3 is 9.47 Å². The Bertz CT molecular complexity index is 584. The molecule has 0 saturated heterocycles. The number of nitrogens with zero attached hydrogens (tertiary/aromatic N) is 1. The molecule has 0 unspecified atom stereocenters. The van der Waals surface area contributed by atoms with Crippen LogP contribution in [0.25, 0.3) is 5.57 Å². The number of methoxy groups -OCH3 is 1. The van der Waals surface area contributed by atoms with Crippen LogP contribution >= 0.6 is 0 Å². The molecule has 2 rings (SSSR count). The van der Waals surface area contributed by atoms with Crippen LogP contribution < -0.4 is 9.64 Å². The number of carbonyl (C=O) groups is 1. The fraction of sp³-hybridized carbons (Fsp3) is 0.500. The molecule has 22 heavy (non-hydrogen) atoms. The SMILES string of the molecule is CCCC1=CCN(C(=O)OC(C)(C)C)c2cc(OC)ccc21. The van der Waals surface area contributed by atoms with Gasteiger partial charge in [0.25, 0.3) is 0 Å². The highest BCUT2D eigenvalue weighted by atomic mass is 16.6. The smallest absolute Gasteiger partial charge is 0.415 e. The molecule has 1 aliphatic heterocycles. The number of benzene rings is 1. The fourth-order valence-electron chi connectivity index (χ4n) is 2.54. The number of amides is 1. The molecule has 0 saturated carbocycles. The van der Waals surface area contributed by atoms with E-state index in [9.17, 15) is 4.79 Å². The number of fused-ring (bicyclic) bond motifs is 1. The Kier molecular flexibility index (Phi) is 4.79. The van der Waals surface area contributed by atoms with Crippen LogP contribution in [0.4, 0.5) is 10.5 Å². The maximum Gasteiger partial charge on any atom is 0.415 e. The van der Waals surface area contributed by atoms with Gasteiger partial charge in [-0.1, -0.05) is 19.4 Å². The minimum atomic E-state index is -0.510. The molecule has 1 heterocycles. The largest absolute Gasteiger partial charge is 0.497 e. The molecule has 1 amide bonds. The predicted octanol–water partition coefficient (Wildman–Crippen LogP) is 4.63. The first-order chi connectivity index (χ1) is 10.4. The van der Waals surface area contributed by atoms with Crippen molar-refractivity contribution in [3.8, 4) is 5.75 Å². The van der Waals surface area contributed by atoms with E-state index in [4.69, 9.17) is 9.47 Å². The summed E-state index contributed by atoms with van der Waals surface area (Å²) in [4.78, 5) is 14.1. The number of carbonyl (C=O) groups excluding carboxylic acids is 1. The van der Waals surface area contributed by atoms with E-state index in [1.165, 1.54) is 5.57 Å². The van der Waals surface area contributed by atoms with Crippen molar-refractivity contribution in [1.29, 1.82) is 0 Å². The molecule has 0 spiro atoms. The van der Waals surface area contributed by atoms with Crippen LogP contribution in [-0.4, -0.2) is 25.3 Å². The standard InChI is InChI=1S/C18H25NO3/c1-6-7-13-10-11-19(17(20)22-18(2,3)4)16-12-14(21-5)8-9-15(13)16/h8-10,12H,6-7,11H2,1-5H3. The molecular formula is C18H25NO3. The first-order valence-electron chi connectivity index (χ1n) is 7.73. The first kappa shape index (κ1) is 16.4. The molecule has 0 aliphatic carbocycles. The van der Waals surface area contributed by atoms with Crippen molar-refractivity contribution in [2.24, 2.45) is 0 Å². The van der Waals surface area contributed by atoms with E-state index in [0.29, 0.717) is 6.54 Å². The van der Waals surface area contributed by atoms with Crippen LogP contribution in [0.15, 0.2) is 24.3 Å². The molecule has 0 aromatic heterocycles. The van der Waals surface area contributed by atoms with E-state index >= 15 is 0 Å². The summed E-state index contributed by atoms with van der Waals surface area (Å²) in [5, 5.41) is 0. The Hall–Kier alpha value is -1.97. The average Bonchev–Trinajstić information content (AvgIpc) is 2.45. The second kappa shape index (κ2) is 6.42.